The van der Waals surface area contributed by atoms with Crippen molar-refractivity contribution in [2.45, 2.75) is 51.9 Å². The van der Waals surface area contributed by atoms with Gasteiger partial charge in [0.25, 0.3) is 0 Å². The molecule has 1 aliphatic rings. The Kier molecular flexibility index (Phi) is 8.57. The van der Waals surface area contributed by atoms with Crippen LogP contribution in [0.1, 0.15) is 18.1 Å². The minimum absolute atomic E-state index is 0.0140. The lowest BCUT2D eigenvalue weighted by atomic mass is 9.90. The minimum atomic E-state index is -4.80. The Bertz CT molecular complexity index is 1360. The summed E-state index contributed by atoms with van der Waals surface area (Å²) in [5, 5.41) is -0.455. The standard InChI is InChI=1S/C27H31F5N2O5Si/c1-26(13-37-14-26)15-38-22(35)11-17-9-19(28)24(20(29)10-17)39-21-5-6-33-25-23(21)18(27(30,31)32)12-34(25)16-36-7-8-40(2,3)4/h5-6,9-10,12H,7-8,11,13-16H2,1-4H3. The van der Waals surface area contributed by atoms with Crippen LogP contribution in [-0.2, 0) is 38.3 Å². The van der Waals surface area contributed by atoms with E-state index in [0.717, 1.165) is 30.4 Å². The fourth-order valence-electron chi connectivity index (χ4n) is 4.05. The summed E-state index contributed by atoms with van der Waals surface area (Å²) in [5.74, 6) is -4.39. The third kappa shape index (κ3) is 7.18. The molecule has 0 N–H and O–H groups in total. The van der Waals surface area contributed by atoms with Crippen molar-refractivity contribution in [3.63, 3.8) is 0 Å². The van der Waals surface area contributed by atoms with Gasteiger partial charge in [0.2, 0.25) is 0 Å². The predicted molar refractivity (Wildman–Crippen MR) is 139 cm³/mol. The summed E-state index contributed by atoms with van der Waals surface area (Å²) in [6.45, 7) is 9.52. The van der Waals surface area contributed by atoms with Crippen LogP contribution in [0.25, 0.3) is 11.0 Å². The number of esters is 1. The third-order valence-corrected chi connectivity index (χ3v) is 8.06. The van der Waals surface area contributed by atoms with Crippen LogP contribution >= 0.6 is 0 Å². The van der Waals surface area contributed by atoms with E-state index in [4.69, 9.17) is 18.9 Å². The van der Waals surface area contributed by atoms with Crippen LogP contribution in [-0.4, -0.2) is 50.0 Å². The first-order valence-corrected chi connectivity index (χ1v) is 16.4. The maximum atomic E-state index is 14.9. The van der Waals surface area contributed by atoms with Crippen LogP contribution in [0.15, 0.2) is 30.6 Å². The molecular weight excluding hydrogens is 555 g/mol. The van der Waals surface area contributed by atoms with Crippen LogP contribution in [0.4, 0.5) is 22.0 Å². The third-order valence-electron chi connectivity index (χ3n) is 6.35. The Hall–Kier alpha value is -3.03. The zero-order chi connectivity index (χ0) is 29.3. The fourth-order valence-corrected chi connectivity index (χ4v) is 4.81. The Labute approximate surface area is 229 Å². The van der Waals surface area contributed by atoms with E-state index in [1.165, 1.54) is 10.8 Å². The van der Waals surface area contributed by atoms with E-state index >= 15 is 0 Å². The summed E-state index contributed by atoms with van der Waals surface area (Å²) >= 11 is 0. The molecule has 0 bridgehead atoms. The van der Waals surface area contributed by atoms with Gasteiger partial charge < -0.3 is 23.5 Å². The van der Waals surface area contributed by atoms with Gasteiger partial charge in [0, 0.05) is 32.5 Å². The average molecular weight is 587 g/mol. The first-order chi connectivity index (χ1) is 18.7. The molecule has 0 aliphatic carbocycles. The summed E-state index contributed by atoms with van der Waals surface area (Å²) in [5.41, 5.74) is -1.48. The maximum Gasteiger partial charge on any atom is 0.418 e. The van der Waals surface area contributed by atoms with Crippen LogP contribution in [0.2, 0.25) is 25.7 Å². The number of ether oxygens (including phenoxy) is 4. The molecule has 3 heterocycles. The second-order valence-electron chi connectivity index (χ2n) is 11.5. The number of alkyl halides is 3. The molecule has 0 saturated carbocycles. The molecule has 0 unspecified atom stereocenters. The number of nitrogens with zero attached hydrogens (tertiary/aromatic N) is 2. The number of hydrogen-bond donors (Lipinski definition) is 0. The van der Waals surface area contributed by atoms with Gasteiger partial charge in [-0.1, -0.05) is 26.6 Å². The van der Waals surface area contributed by atoms with E-state index in [-0.39, 0.29) is 30.0 Å². The number of benzene rings is 1. The number of carbonyl (C=O) groups excluding carboxylic acids is 1. The average Bonchev–Trinajstić information content (AvgIpc) is 3.21. The molecule has 0 atom stereocenters. The number of carbonyl (C=O) groups is 1. The van der Waals surface area contributed by atoms with E-state index in [2.05, 4.69) is 24.6 Å². The summed E-state index contributed by atoms with van der Waals surface area (Å²) < 4.78 is 94.2. The predicted octanol–water partition coefficient (Wildman–Crippen LogP) is 6.56. The summed E-state index contributed by atoms with van der Waals surface area (Å²) in [6.07, 6.45) is -3.17. The van der Waals surface area contributed by atoms with Crippen LogP contribution < -0.4 is 4.74 Å². The van der Waals surface area contributed by atoms with E-state index in [1.807, 2.05) is 6.92 Å². The quantitative estimate of drug-likeness (QED) is 0.110. The smallest absolute Gasteiger partial charge is 0.418 e. The second kappa shape index (κ2) is 11.5. The molecule has 0 radical (unpaired) electrons. The highest BCUT2D eigenvalue weighted by molar-refractivity contribution is 6.76. The molecule has 0 amide bonds. The second-order valence-corrected chi connectivity index (χ2v) is 17.1. The van der Waals surface area contributed by atoms with Crippen molar-refractivity contribution in [1.29, 1.82) is 0 Å². The topological polar surface area (TPSA) is 71.8 Å². The van der Waals surface area contributed by atoms with Crippen LogP contribution in [0, 0.1) is 17.0 Å². The van der Waals surface area contributed by atoms with Crippen LogP contribution in [0.5, 0.6) is 11.5 Å². The normalized spacial score (nSPS) is 15.2. The summed E-state index contributed by atoms with van der Waals surface area (Å²) in [4.78, 5) is 16.2. The van der Waals surface area contributed by atoms with Crippen molar-refractivity contribution in [3.8, 4) is 11.5 Å². The first kappa shape index (κ1) is 29.9. The van der Waals surface area contributed by atoms with E-state index in [1.54, 1.807) is 0 Å². The number of fused-ring (bicyclic) bond motifs is 1. The molecule has 7 nitrogen and oxygen atoms in total. The molecule has 1 aromatic carbocycles. The number of pyridine rings is 1. The Morgan fingerprint density at radius 3 is 2.42 bits per heavy atom. The zero-order valence-electron chi connectivity index (χ0n) is 22.7. The zero-order valence-corrected chi connectivity index (χ0v) is 23.7. The summed E-state index contributed by atoms with van der Waals surface area (Å²) in [7, 11) is -1.41. The van der Waals surface area contributed by atoms with Crippen molar-refractivity contribution in [2.75, 3.05) is 26.4 Å². The van der Waals surface area contributed by atoms with Gasteiger partial charge in [-0.2, -0.15) is 13.2 Å². The Morgan fingerprint density at radius 1 is 1.18 bits per heavy atom. The minimum Gasteiger partial charge on any atom is -0.465 e. The SMILES string of the molecule is CC1(COC(=O)Cc2cc(F)c(Oc3ccnc4c3c(C(F)(F)F)cn4COCC[Si](C)(C)C)c(F)c2)COC1. The van der Waals surface area contributed by atoms with E-state index in [9.17, 15) is 26.7 Å². The lowest BCUT2D eigenvalue weighted by Crippen LogP contribution is -2.44. The first-order valence-electron chi connectivity index (χ1n) is 12.7. The molecule has 0 spiro atoms. The molecule has 13 heteroatoms. The Balaban J connectivity index is 1.55. The van der Waals surface area contributed by atoms with Gasteiger partial charge in [0.15, 0.2) is 17.4 Å². The molecule has 1 saturated heterocycles. The van der Waals surface area contributed by atoms with Crippen molar-refractivity contribution in [3.05, 3.63) is 53.4 Å². The van der Waals surface area contributed by atoms with Crippen molar-refractivity contribution in [2.24, 2.45) is 5.41 Å². The highest BCUT2D eigenvalue weighted by atomic mass is 28.3. The van der Waals surface area contributed by atoms with Crippen LogP contribution in [0.3, 0.4) is 0 Å². The number of halogens is 5. The Morgan fingerprint density at radius 2 is 1.85 bits per heavy atom. The highest BCUT2D eigenvalue weighted by Crippen LogP contribution is 2.42. The van der Waals surface area contributed by atoms with Gasteiger partial charge in [-0.3, -0.25) is 4.79 Å². The molecule has 218 valence electrons. The van der Waals surface area contributed by atoms with E-state index < -0.39 is 60.7 Å². The van der Waals surface area contributed by atoms with Gasteiger partial charge in [-0.15, -0.1) is 0 Å². The molecule has 4 rings (SSSR count). The van der Waals surface area contributed by atoms with Gasteiger partial charge in [-0.25, -0.2) is 13.8 Å². The number of hydrogen-bond acceptors (Lipinski definition) is 6. The monoisotopic (exact) mass is 586 g/mol. The lowest BCUT2D eigenvalue weighted by Gasteiger charge is -2.37. The lowest BCUT2D eigenvalue weighted by molar-refractivity contribution is -0.164. The van der Waals surface area contributed by atoms with Gasteiger partial charge in [-0.05, 0) is 29.8 Å². The summed E-state index contributed by atoms with van der Waals surface area (Å²) in [6, 6.07) is 3.69. The maximum absolute atomic E-state index is 14.9. The van der Waals surface area contributed by atoms with Crippen molar-refractivity contribution < 1.29 is 45.7 Å². The fraction of sp³-hybridized carbons (Fsp3) is 0.481. The van der Waals surface area contributed by atoms with Crippen molar-refractivity contribution in [1.82, 2.24) is 9.55 Å². The molecule has 3 aromatic rings. The highest BCUT2D eigenvalue weighted by Gasteiger charge is 2.37. The van der Waals surface area contributed by atoms with Gasteiger partial charge in [0.05, 0.1) is 30.6 Å². The molecule has 40 heavy (non-hydrogen) atoms. The molecule has 1 fully saturated rings. The molecule has 2 aromatic heterocycles. The molecular formula is C27H31F5N2O5Si. The number of aromatic nitrogens is 2. The molecule has 1 aliphatic heterocycles. The number of rotatable bonds is 11. The van der Waals surface area contributed by atoms with Gasteiger partial charge >= 0.3 is 12.1 Å². The largest absolute Gasteiger partial charge is 0.465 e. The van der Waals surface area contributed by atoms with Gasteiger partial charge in [0.1, 0.15) is 24.7 Å². The van der Waals surface area contributed by atoms with Crippen molar-refractivity contribution >= 4 is 25.1 Å². The van der Waals surface area contributed by atoms with E-state index in [0.29, 0.717) is 19.8 Å².